The third-order valence-electron chi connectivity index (χ3n) is 3.96. The third kappa shape index (κ3) is 2.27. The summed E-state index contributed by atoms with van der Waals surface area (Å²) in [5, 5.41) is 37.2. The molecule has 3 heterocycles. The molecule has 0 bridgehead atoms. The quantitative estimate of drug-likeness (QED) is 0.321. The number of fused-ring (bicyclic) bond motifs is 6. The molecule has 4 aromatic rings. The molecule has 0 radical (unpaired) electrons. The first kappa shape index (κ1) is 17.6. The van der Waals surface area contributed by atoms with E-state index in [-0.39, 0.29) is 67.5 Å². The number of nitrogens with zero attached hydrogens (tertiary/aromatic N) is 12. The number of rotatable bonds is 0. The minimum atomic E-state index is -0.303. The van der Waals surface area contributed by atoms with Crippen LogP contribution in [0.1, 0.15) is 22.8 Å². The van der Waals surface area contributed by atoms with E-state index < -0.39 is 0 Å². The number of aromatic nitrogens is 6. The summed E-state index contributed by atoms with van der Waals surface area (Å²) in [6, 6.07) is 7.04. The maximum absolute atomic E-state index is 9.30. The molecule has 0 aliphatic rings. The van der Waals surface area contributed by atoms with Crippen LogP contribution in [-0.2, 0) is 0 Å². The summed E-state index contributed by atoms with van der Waals surface area (Å²) in [4.78, 5) is 31.1. The number of hydrogen-bond donors (Lipinski definition) is 0. The first-order valence-corrected chi connectivity index (χ1v) is 7.72. The number of nitriles is 4. The van der Waals surface area contributed by atoms with Gasteiger partial charge in [0.1, 0.15) is 46.3 Å². The van der Waals surface area contributed by atoms with Crippen LogP contribution in [0.15, 0.2) is 0 Å². The second kappa shape index (κ2) is 6.41. The van der Waals surface area contributed by atoms with Crippen molar-refractivity contribution in [3.8, 4) is 24.3 Å². The van der Waals surface area contributed by atoms with Gasteiger partial charge in [-0.3, -0.25) is 0 Å². The van der Waals surface area contributed by atoms with Gasteiger partial charge in [-0.1, -0.05) is 13.1 Å². The Morgan fingerprint density at radius 3 is 1.00 bits per heavy atom. The average Bonchev–Trinajstić information content (AvgIpc) is 2.81. The van der Waals surface area contributed by atoms with Crippen molar-refractivity contribution in [3.63, 3.8) is 0 Å². The maximum Gasteiger partial charge on any atom is 0.307 e. The average molecular weight is 384 g/mol. The van der Waals surface area contributed by atoms with E-state index in [1.807, 2.05) is 0 Å². The van der Waals surface area contributed by atoms with Crippen LogP contribution in [0.25, 0.3) is 42.8 Å². The van der Waals surface area contributed by atoms with E-state index in [4.69, 9.17) is 13.1 Å². The molecule has 1 aromatic carbocycles. The second-order valence-corrected chi connectivity index (χ2v) is 5.47. The highest BCUT2D eigenvalue weighted by atomic mass is 15.0. The monoisotopic (exact) mass is 384 g/mol. The summed E-state index contributed by atoms with van der Waals surface area (Å²) >= 11 is 0. The van der Waals surface area contributed by atoms with E-state index >= 15 is 0 Å². The number of benzene rings is 1. The molecular weight excluding hydrogens is 384 g/mol. The Hall–Kier alpha value is -5.82. The van der Waals surface area contributed by atoms with Crippen LogP contribution in [0, 0.1) is 58.5 Å². The van der Waals surface area contributed by atoms with E-state index in [1.54, 1.807) is 24.3 Å². The lowest BCUT2D eigenvalue weighted by molar-refractivity contribution is 1.18. The van der Waals surface area contributed by atoms with E-state index in [0.29, 0.717) is 0 Å². The molecule has 12 heteroatoms. The molecular formula is C18N12. The summed E-state index contributed by atoms with van der Waals surface area (Å²) in [6.45, 7) is 14.5. The fraction of sp³-hybridized carbons (Fsp3) is 0. The first-order valence-electron chi connectivity index (χ1n) is 7.72. The molecule has 4 rings (SSSR count). The normalized spacial score (nSPS) is 9.80. The van der Waals surface area contributed by atoms with Crippen molar-refractivity contribution in [3.05, 3.63) is 45.6 Å². The smallest absolute Gasteiger partial charge is 0.307 e. The van der Waals surface area contributed by atoms with Gasteiger partial charge in [-0.05, 0) is 0 Å². The van der Waals surface area contributed by atoms with E-state index in [9.17, 15) is 21.0 Å². The molecule has 0 aliphatic heterocycles. The van der Waals surface area contributed by atoms with Gasteiger partial charge in [0.05, 0.1) is 0 Å². The minimum absolute atomic E-state index is 0.00714. The van der Waals surface area contributed by atoms with Gasteiger partial charge in [-0.15, -0.1) is 9.97 Å². The zero-order valence-corrected chi connectivity index (χ0v) is 14.4. The van der Waals surface area contributed by atoms with Gasteiger partial charge < -0.3 is 9.69 Å². The molecule has 0 saturated heterocycles. The van der Waals surface area contributed by atoms with Crippen molar-refractivity contribution in [1.29, 1.82) is 21.0 Å². The molecule has 3 aromatic heterocycles. The van der Waals surface area contributed by atoms with Crippen LogP contribution in [0.4, 0.5) is 11.6 Å². The summed E-state index contributed by atoms with van der Waals surface area (Å²) in [5.41, 5.74) is -1.19. The largest absolute Gasteiger partial charge is 0.358 e. The molecule has 0 aliphatic carbocycles. The van der Waals surface area contributed by atoms with Crippen molar-refractivity contribution < 1.29 is 0 Å². The Morgan fingerprint density at radius 1 is 0.467 bits per heavy atom. The lowest BCUT2D eigenvalue weighted by atomic mass is 10.1. The van der Waals surface area contributed by atoms with Crippen molar-refractivity contribution in [1.82, 2.24) is 29.9 Å². The SMILES string of the molecule is [C-]#[N+]c1nc2c(nc1C#N)c1nc(C#N)c(C#N)nc1c1nc(C#N)c([N+]#[C-])nc12. The third-order valence-corrected chi connectivity index (χ3v) is 3.96. The highest BCUT2D eigenvalue weighted by Gasteiger charge is 2.26. The fourth-order valence-electron chi connectivity index (χ4n) is 2.74. The van der Waals surface area contributed by atoms with Crippen LogP contribution in [0.2, 0.25) is 0 Å². The molecule has 0 unspecified atom stereocenters. The Bertz CT molecular complexity index is 1350. The molecule has 0 N–H and O–H groups in total. The Balaban J connectivity index is 2.42. The Labute approximate surface area is 166 Å². The topological polar surface area (TPSA) is 181 Å². The predicted molar refractivity (Wildman–Crippen MR) is 97.1 cm³/mol. The molecule has 132 valence electrons. The van der Waals surface area contributed by atoms with Crippen LogP contribution in [-0.4, -0.2) is 29.9 Å². The van der Waals surface area contributed by atoms with Crippen molar-refractivity contribution >= 4 is 44.7 Å². The minimum Gasteiger partial charge on any atom is -0.358 e. The molecule has 12 nitrogen and oxygen atoms in total. The van der Waals surface area contributed by atoms with Gasteiger partial charge in [0.25, 0.3) is 0 Å². The summed E-state index contributed by atoms with van der Waals surface area (Å²) in [6.07, 6.45) is 0. The molecule has 0 fully saturated rings. The van der Waals surface area contributed by atoms with E-state index in [0.717, 1.165) is 0 Å². The molecule has 0 saturated carbocycles. The van der Waals surface area contributed by atoms with E-state index in [1.165, 1.54) is 0 Å². The van der Waals surface area contributed by atoms with Crippen LogP contribution in [0.5, 0.6) is 0 Å². The predicted octanol–water partition coefficient (Wildman–Crippen LogP) is 2.10. The summed E-state index contributed by atoms with van der Waals surface area (Å²) in [7, 11) is 0. The van der Waals surface area contributed by atoms with Gasteiger partial charge >= 0.3 is 11.6 Å². The summed E-state index contributed by atoms with van der Waals surface area (Å²) < 4.78 is 0. The number of hydrogen-bond acceptors (Lipinski definition) is 10. The standard InChI is InChI=1S/C18N12/c1-23-17-9(5-21)27-13-11-12(26-8(4-20)7(3-19)25-11)14-16(15(13)29-17)30-18(24-2)10(6-22)28-14. The lowest BCUT2D eigenvalue weighted by Crippen LogP contribution is -2.02. The highest BCUT2D eigenvalue weighted by Crippen LogP contribution is 2.33. The molecule has 0 amide bonds. The van der Waals surface area contributed by atoms with Gasteiger partial charge in [0, 0.05) is 0 Å². The van der Waals surface area contributed by atoms with Gasteiger partial charge in [-0.25, -0.2) is 19.9 Å². The Morgan fingerprint density at radius 2 is 0.733 bits per heavy atom. The molecule has 30 heavy (non-hydrogen) atoms. The fourth-order valence-corrected chi connectivity index (χ4v) is 2.74. The van der Waals surface area contributed by atoms with Crippen molar-refractivity contribution in [2.75, 3.05) is 0 Å². The lowest BCUT2D eigenvalue weighted by Gasteiger charge is -2.06. The molecule has 0 spiro atoms. The van der Waals surface area contributed by atoms with Crippen molar-refractivity contribution in [2.45, 2.75) is 0 Å². The van der Waals surface area contributed by atoms with Crippen molar-refractivity contribution in [2.24, 2.45) is 0 Å². The first-order chi connectivity index (χ1) is 14.6. The van der Waals surface area contributed by atoms with E-state index in [2.05, 4.69) is 39.6 Å². The van der Waals surface area contributed by atoms with Crippen LogP contribution < -0.4 is 0 Å². The summed E-state index contributed by atoms with van der Waals surface area (Å²) in [5.74, 6) is -0.605. The van der Waals surface area contributed by atoms with Crippen LogP contribution in [0.3, 0.4) is 0 Å². The highest BCUT2D eigenvalue weighted by molar-refractivity contribution is 6.18. The maximum atomic E-state index is 9.30. The zero-order valence-electron chi connectivity index (χ0n) is 14.4. The van der Waals surface area contributed by atoms with Crippen LogP contribution >= 0.6 is 0 Å². The molecule has 0 atom stereocenters. The Kier molecular flexibility index (Phi) is 3.76. The van der Waals surface area contributed by atoms with Gasteiger partial charge in [0.15, 0.2) is 22.8 Å². The van der Waals surface area contributed by atoms with Gasteiger partial charge in [0.2, 0.25) is 11.0 Å². The van der Waals surface area contributed by atoms with Gasteiger partial charge in [-0.2, -0.15) is 21.0 Å². The zero-order chi connectivity index (χ0) is 21.4. The second-order valence-electron chi connectivity index (χ2n) is 5.47.